The summed E-state index contributed by atoms with van der Waals surface area (Å²) in [6, 6.07) is 2.39. The van der Waals surface area contributed by atoms with Crippen molar-refractivity contribution in [3.63, 3.8) is 0 Å². The number of pyridine rings is 1. The van der Waals surface area contributed by atoms with Gasteiger partial charge in [-0.1, -0.05) is 13.8 Å². The number of aliphatic imine (C=N–C) groups is 1. The van der Waals surface area contributed by atoms with E-state index in [9.17, 15) is 0 Å². The summed E-state index contributed by atoms with van der Waals surface area (Å²) >= 11 is 0. The van der Waals surface area contributed by atoms with E-state index in [1.165, 1.54) is 11.1 Å². The zero-order valence-electron chi connectivity index (χ0n) is 16.9. The molecule has 27 heavy (non-hydrogen) atoms. The number of hydrogen-bond donors (Lipinski definition) is 2. The highest BCUT2D eigenvalue weighted by molar-refractivity contribution is 5.80. The third kappa shape index (κ3) is 5.05. The third-order valence-electron chi connectivity index (χ3n) is 4.86. The molecule has 2 aromatic rings. The second kappa shape index (κ2) is 8.97. The molecule has 7 heteroatoms. The SMILES string of the molecule is CCNC(=NCCc1ccncc1C)NC1CCc2nc(C(C)C)nn2C1. The number of hydrogen-bond acceptors (Lipinski definition) is 4. The first-order valence-electron chi connectivity index (χ1n) is 9.94. The molecule has 0 aromatic carbocycles. The maximum absolute atomic E-state index is 4.76. The Morgan fingerprint density at radius 2 is 2.26 bits per heavy atom. The molecule has 1 atom stereocenters. The summed E-state index contributed by atoms with van der Waals surface area (Å²) in [6.07, 6.45) is 6.67. The molecule has 0 bridgehead atoms. The largest absolute Gasteiger partial charge is 0.357 e. The van der Waals surface area contributed by atoms with Crippen molar-refractivity contribution in [3.05, 3.63) is 41.2 Å². The first-order chi connectivity index (χ1) is 13.1. The van der Waals surface area contributed by atoms with Gasteiger partial charge in [0.25, 0.3) is 0 Å². The molecule has 1 aliphatic heterocycles. The molecule has 0 amide bonds. The lowest BCUT2D eigenvalue weighted by atomic mass is 10.1. The van der Waals surface area contributed by atoms with Crippen molar-refractivity contribution in [1.82, 2.24) is 30.4 Å². The second-order valence-corrected chi connectivity index (χ2v) is 7.42. The molecule has 0 fully saturated rings. The predicted molar refractivity (Wildman–Crippen MR) is 108 cm³/mol. The van der Waals surface area contributed by atoms with E-state index in [-0.39, 0.29) is 0 Å². The van der Waals surface area contributed by atoms with Gasteiger partial charge in [0.15, 0.2) is 11.8 Å². The van der Waals surface area contributed by atoms with E-state index in [1.54, 1.807) is 0 Å². The fourth-order valence-corrected chi connectivity index (χ4v) is 3.27. The monoisotopic (exact) mass is 369 g/mol. The van der Waals surface area contributed by atoms with Crippen molar-refractivity contribution in [3.8, 4) is 0 Å². The molecule has 0 aliphatic carbocycles. The van der Waals surface area contributed by atoms with Crippen LogP contribution in [0.2, 0.25) is 0 Å². The molecule has 1 unspecified atom stereocenters. The molecule has 2 N–H and O–H groups in total. The van der Waals surface area contributed by atoms with E-state index >= 15 is 0 Å². The maximum Gasteiger partial charge on any atom is 0.191 e. The Hall–Kier alpha value is -2.44. The molecule has 3 rings (SSSR count). The molecule has 146 valence electrons. The Kier molecular flexibility index (Phi) is 6.42. The quantitative estimate of drug-likeness (QED) is 0.603. The van der Waals surface area contributed by atoms with Crippen molar-refractivity contribution >= 4 is 5.96 Å². The molecular formula is C20H31N7. The van der Waals surface area contributed by atoms with Gasteiger partial charge < -0.3 is 10.6 Å². The Balaban J connectivity index is 1.59. The number of guanidine groups is 1. The summed E-state index contributed by atoms with van der Waals surface area (Å²) < 4.78 is 2.06. The van der Waals surface area contributed by atoms with Crippen LogP contribution in [0.1, 0.15) is 55.9 Å². The summed E-state index contributed by atoms with van der Waals surface area (Å²) in [4.78, 5) is 13.6. The molecule has 0 spiro atoms. The van der Waals surface area contributed by atoms with Gasteiger partial charge in [-0.25, -0.2) is 9.67 Å². The first-order valence-corrected chi connectivity index (χ1v) is 9.94. The molecular weight excluding hydrogens is 338 g/mol. The van der Waals surface area contributed by atoms with Crippen molar-refractivity contribution in [2.45, 2.75) is 65.5 Å². The molecule has 0 saturated carbocycles. The highest BCUT2D eigenvalue weighted by Gasteiger charge is 2.23. The number of nitrogens with zero attached hydrogens (tertiary/aromatic N) is 5. The number of fused-ring (bicyclic) bond motifs is 1. The van der Waals surface area contributed by atoms with Crippen LogP contribution in [0.3, 0.4) is 0 Å². The number of nitrogens with one attached hydrogen (secondary N) is 2. The smallest absolute Gasteiger partial charge is 0.191 e. The highest BCUT2D eigenvalue weighted by atomic mass is 15.4. The lowest BCUT2D eigenvalue weighted by molar-refractivity contribution is 0.391. The van der Waals surface area contributed by atoms with Crippen molar-refractivity contribution in [1.29, 1.82) is 0 Å². The van der Waals surface area contributed by atoms with E-state index in [1.807, 2.05) is 12.4 Å². The van der Waals surface area contributed by atoms with Crippen LogP contribution in [0.25, 0.3) is 0 Å². The minimum absolute atomic E-state index is 0.319. The highest BCUT2D eigenvalue weighted by Crippen LogP contribution is 2.17. The molecule has 1 aliphatic rings. The van der Waals surface area contributed by atoms with Gasteiger partial charge in [-0.2, -0.15) is 5.10 Å². The minimum Gasteiger partial charge on any atom is -0.357 e. The summed E-state index contributed by atoms with van der Waals surface area (Å²) in [5, 5.41) is 11.6. The second-order valence-electron chi connectivity index (χ2n) is 7.42. The first kappa shape index (κ1) is 19.3. The Bertz CT molecular complexity index is 778. The Morgan fingerprint density at radius 3 is 3.00 bits per heavy atom. The topological polar surface area (TPSA) is 80.0 Å². The van der Waals surface area contributed by atoms with Gasteiger partial charge >= 0.3 is 0 Å². The normalized spacial score (nSPS) is 17.1. The number of rotatable bonds is 6. The van der Waals surface area contributed by atoms with Crippen LogP contribution < -0.4 is 10.6 Å². The summed E-state index contributed by atoms with van der Waals surface area (Å²) in [5.74, 6) is 3.29. The Morgan fingerprint density at radius 1 is 1.41 bits per heavy atom. The van der Waals surface area contributed by atoms with Gasteiger partial charge in [0.05, 0.1) is 6.54 Å². The minimum atomic E-state index is 0.319. The molecule has 7 nitrogen and oxygen atoms in total. The summed E-state index contributed by atoms with van der Waals surface area (Å²) in [5.41, 5.74) is 2.52. The third-order valence-corrected chi connectivity index (χ3v) is 4.86. The van der Waals surface area contributed by atoms with E-state index in [0.29, 0.717) is 12.0 Å². The van der Waals surface area contributed by atoms with Crippen LogP contribution in [-0.2, 0) is 19.4 Å². The van der Waals surface area contributed by atoms with Crippen LogP contribution in [0, 0.1) is 6.92 Å². The van der Waals surface area contributed by atoms with Crippen LogP contribution in [-0.4, -0.2) is 44.8 Å². The van der Waals surface area contributed by atoms with Gasteiger partial charge in [-0.15, -0.1) is 0 Å². The van der Waals surface area contributed by atoms with Gasteiger partial charge in [-0.05, 0) is 43.9 Å². The van der Waals surface area contributed by atoms with Gasteiger partial charge in [0.1, 0.15) is 5.82 Å². The standard InChI is InChI=1S/C20H31N7/c1-5-22-20(23-11-9-16-8-10-21-12-15(16)4)24-17-6-7-18-25-19(14(2)3)26-27(18)13-17/h8,10,12,14,17H,5-7,9,11,13H2,1-4H3,(H2,22,23,24). The molecule has 3 heterocycles. The van der Waals surface area contributed by atoms with Gasteiger partial charge in [0.2, 0.25) is 0 Å². The zero-order chi connectivity index (χ0) is 19.2. The Labute approximate surface area is 161 Å². The average molecular weight is 370 g/mol. The van der Waals surface area contributed by atoms with Crippen molar-refractivity contribution in [2.24, 2.45) is 4.99 Å². The fourth-order valence-electron chi connectivity index (χ4n) is 3.27. The summed E-state index contributed by atoms with van der Waals surface area (Å²) in [7, 11) is 0. The number of aromatic nitrogens is 4. The van der Waals surface area contributed by atoms with E-state index in [2.05, 4.69) is 64.1 Å². The van der Waals surface area contributed by atoms with Gasteiger partial charge in [0, 0.05) is 43.9 Å². The molecule has 2 aromatic heterocycles. The number of aryl methyl sites for hydroxylation is 2. The van der Waals surface area contributed by atoms with Crippen molar-refractivity contribution < 1.29 is 0 Å². The predicted octanol–water partition coefficient (Wildman–Crippen LogP) is 2.22. The van der Waals surface area contributed by atoms with Crippen molar-refractivity contribution in [2.75, 3.05) is 13.1 Å². The van der Waals surface area contributed by atoms with Crippen LogP contribution in [0.4, 0.5) is 0 Å². The lowest BCUT2D eigenvalue weighted by Crippen LogP contribution is -2.47. The van der Waals surface area contributed by atoms with E-state index in [0.717, 1.165) is 56.5 Å². The van der Waals surface area contributed by atoms with Crippen LogP contribution >= 0.6 is 0 Å². The molecule has 0 saturated heterocycles. The average Bonchev–Trinajstić information content (AvgIpc) is 3.07. The van der Waals surface area contributed by atoms with E-state index in [4.69, 9.17) is 4.99 Å². The van der Waals surface area contributed by atoms with Crippen LogP contribution in [0.15, 0.2) is 23.5 Å². The fraction of sp³-hybridized carbons (Fsp3) is 0.600. The van der Waals surface area contributed by atoms with Gasteiger partial charge in [-0.3, -0.25) is 9.98 Å². The summed E-state index contributed by atoms with van der Waals surface area (Å²) in [6.45, 7) is 10.9. The zero-order valence-corrected chi connectivity index (χ0v) is 16.9. The van der Waals surface area contributed by atoms with Crippen LogP contribution in [0.5, 0.6) is 0 Å². The molecule has 0 radical (unpaired) electrons. The van der Waals surface area contributed by atoms with E-state index < -0.39 is 0 Å². The lowest BCUT2D eigenvalue weighted by Gasteiger charge is -2.25. The maximum atomic E-state index is 4.76.